The van der Waals surface area contributed by atoms with Crippen molar-refractivity contribution >= 4 is 40.3 Å². The molecule has 0 spiro atoms. The molecule has 2 rings (SSSR count). The Kier molecular flexibility index (Phi) is 4.61. The first kappa shape index (κ1) is 14.4. The molecule has 0 aliphatic carbocycles. The van der Waals surface area contributed by atoms with E-state index < -0.39 is 5.97 Å². The van der Waals surface area contributed by atoms with E-state index in [-0.39, 0.29) is 18.3 Å². The standard InChI is InChI=1S/C13H11IN2O4/c14-8-2-1-3-9(6-8)16-13(19)15-7-10-4-5-11(20-10)12(17)18/h1-6H,7H2,(H,17,18)(H2,15,16,19). The van der Waals surface area contributed by atoms with Gasteiger partial charge in [0.2, 0.25) is 5.76 Å². The van der Waals surface area contributed by atoms with E-state index in [0.29, 0.717) is 11.4 Å². The van der Waals surface area contributed by atoms with Crippen molar-refractivity contribution in [2.24, 2.45) is 0 Å². The van der Waals surface area contributed by atoms with E-state index in [0.717, 1.165) is 3.57 Å². The number of carbonyl (C=O) groups excluding carboxylic acids is 1. The molecule has 0 aliphatic heterocycles. The zero-order valence-electron chi connectivity index (χ0n) is 10.2. The molecule has 7 heteroatoms. The largest absolute Gasteiger partial charge is 0.475 e. The van der Waals surface area contributed by atoms with E-state index >= 15 is 0 Å². The van der Waals surface area contributed by atoms with Gasteiger partial charge in [0.15, 0.2) is 0 Å². The monoisotopic (exact) mass is 386 g/mol. The minimum atomic E-state index is -1.14. The Morgan fingerprint density at radius 3 is 2.70 bits per heavy atom. The van der Waals surface area contributed by atoms with Crippen LogP contribution in [0.15, 0.2) is 40.8 Å². The molecule has 6 nitrogen and oxygen atoms in total. The number of hydrogen-bond acceptors (Lipinski definition) is 3. The molecule has 104 valence electrons. The normalized spacial score (nSPS) is 10.1. The third kappa shape index (κ3) is 3.98. The van der Waals surface area contributed by atoms with E-state index in [1.807, 2.05) is 18.2 Å². The Hall–Kier alpha value is -2.03. The molecule has 0 unspecified atom stereocenters. The fourth-order valence-electron chi connectivity index (χ4n) is 1.50. The first-order chi connectivity index (χ1) is 9.54. The molecular weight excluding hydrogens is 375 g/mol. The van der Waals surface area contributed by atoms with Crippen molar-refractivity contribution in [1.82, 2.24) is 5.32 Å². The van der Waals surface area contributed by atoms with E-state index in [1.165, 1.54) is 12.1 Å². The Balaban J connectivity index is 1.87. The summed E-state index contributed by atoms with van der Waals surface area (Å²) in [7, 11) is 0. The van der Waals surface area contributed by atoms with E-state index in [9.17, 15) is 9.59 Å². The second kappa shape index (κ2) is 6.42. The van der Waals surface area contributed by atoms with Gasteiger partial charge in [-0.2, -0.15) is 0 Å². The lowest BCUT2D eigenvalue weighted by atomic mass is 10.3. The number of halogens is 1. The van der Waals surface area contributed by atoms with Crippen molar-refractivity contribution in [3.8, 4) is 0 Å². The molecule has 1 aromatic carbocycles. The SMILES string of the molecule is O=C(NCc1ccc(C(=O)O)o1)Nc1cccc(I)c1. The van der Waals surface area contributed by atoms with E-state index in [2.05, 4.69) is 33.2 Å². The van der Waals surface area contributed by atoms with Gasteiger partial charge in [0.25, 0.3) is 0 Å². The second-order valence-corrected chi connectivity index (χ2v) is 5.13. The first-order valence-electron chi connectivity index (χ1n) is 5.67. The lowest BCUT2D eigenvalue weighted by molar-refractivity contribution is 0.0660. The van der Waals surface area contributed by atoms with Crippen molar-refractivity contribution in [3.05, 3.63) is 51.5 Å². The quantitative estimate of drug-likeness (QED) is 0.705. The molecular formula is C13H11IN2O4. The van der Waals surface area contributed by atoms with Gasteiger partial charge in [0.05, 0.1) is 6.54 Å². The van der Waals surface area contributed by atoms with Gasteiger partial charge in [-0.15, -0.1) is 0 Å². The van der Waals surface area contributed by atoms with Crippen LogP contribution in [0.1, 0.15) is 16.3 Å². The molecule has 2 aromatic rings. The molecule has 0 saturated carbocycles. The van der Waals surface area contributed by atoms with Crippen LogP contribution < -0.4 is 10.6 Å². The van der Waals surface area contributed by atoms with Crippen LogP contribution in [0, 0.1) is 3.57 Å². The molecule has 20 heavy (non-hydrogen) atoms. The number of nitrogens with one attached hydrogen (secondary N) is 2. The maximum Gasteiger partial charge on any atom is 0.371 e. The predicted octanol–water partition coefficient (Wildman–Crippen LogP) is 2.90. The van der Waals surface area contributed by atoms with Crippen LogP contribution in [-0.4, -0.2) is 17.1 Å². The highest BCUT2D eigenvalue weighted by atomic mass is 127. The minimum absolute atomic E-state index is 0.114. The van der Waals surface area contributed by atoms with Gasteiger partial charge >= 0.3 is 12.0 Å². The predicted molar refractivity (Wildman–Crippen MR) is 80.7 cm³/mol. The van der Waals surface area contributed by atoms with Crippen LogP contribution in [0.5, 0.6) is 0 Å². The third-order valence-corrected chi connectivity index (χ3v) is 3.05. The summed E-state index contributed by atoms with van der Waals surface area (Å²) in [6.45, 7) is 0.114. The molecule has 1 heterocycles. The summed E-state index contributed by atoms with van der Waals surface area (Å²) < 4.78 is 6.03. The Morgan fingerprint density at radius 1 is 1.25 bits per heavy atom. The summed E-state index contributed by atoms with van der Waals surface area (Å²) in [5.74, 6) is -0.917. The number of furan rings is 1. The van der Waals surface area contributed by atoms with Crippen molar-refractivity contribution in [1.29, 1.82) is 0 Å². The summed E-state index contributed by atoms with van der Waals surface area (Å²) >= 11 is 2.15. The van der Waals surface area contributed by atoms with Crippen LogP contribution in [0.3, 0.4) is 0 Å². The lowest BCUT2D eigenvalue weighted by Gasteiger charge is -2.06. The van der Waals surface area contributed by atoms with Crippen molar-refractivity contribution in [2.75, 3.05) is 5.32 Å². The number of amides is 2. The highest BCUT2D eigenvalue weighted by Crippen LogP contribution is 2.12. The van der Waals surface area contributed by atoms with Gasteiger partial charge < -0.3 is 20.2 Å². The molecule has 3 N–H and O–H groups in total. The highest BCUT2D eigenvalue weighted by Gasteiger charge is 2.09. The van der Waals surface area contributed by atoms with Crippen molar-refractivity contribution < 1.29 is 19.1 Å². The van der Waals surface area contributed by atoms with Gasteiger partial charge in [0, 0.05) is 9.26 Å². The Labute approximate surface area is 128 Å². The fourth-order valence-corrected chi connectivity index (χ4v) is 2.04. The number of aromatic carboxylic acids is 1. The molecule has 0 aliphatic rings. The maximum absolute atomic E-state index is 11.7. The lowest BCUT2D eigenvalue weighted by Crippen LogP contribution is -2.28. The van der Waals surface area contributed by atoms with Crippen molar-refractivity contribution in [3.63, 3.8) is 0 Å². The van der Waals surface area contributed by atoms with Crippen LogP contribution in [0.2, 0.25) is 0 Å². The maximum atomic E-state index is 11.7. The smallest absolute Gasteiger partial charge is 0.371 e. The molecule has 1 aromatic heterocycles. The number of hydrogen-bond donors (Lipinski definition) is 3. The fraction of sp³-hybridized carbons (Fsp3) is 0.0769. The number of rotatable bonds is 4. The molecule has 0 saturated heterocycles. The molecule has 2 amide bonds. The number of urea groups is 1. The number of benzene rings is 1. The first-order valence-corrected chi connectivity index (χ1v) is 6.75. The average molecular weight is 386 g/mol. The van der Waals surface area contributed by atoms with Crippen molar-refractivity contribution in [2.45, 2.75) is 6.54 Å². The molecule has 0 fully saturated rings. The minimum Gasteiger partial charge on any atom is -0.475 e. The molecule has 0 atom stereocenters. The number of carboxylic acids is 1. The Bertz CT molecular complexity index is 639. The molecule has 0 radical (unpaired) electrons. The van der Waals surface area contributed by atoms with E-state index in [4.69, 9.17) is 9.52 Å². The zero-order valence-corrected chi connectivity index (χ0v) is 12.4. The number of anilines is 1. The second-order valence-electron chi connectivity index (χ2n) is 3.89. The van der Waals surface area contributed by atoms with E-state index in [1.54, 1.807) is 6.07 Å². The summed E-state index contributed by atoms with van der Waals surface area (Å²) in [6, 6.07) is 9.82. The van der Waals surface area contributed by atoms with Gasteiger partial charge in [-0.3, -0.25) is 0 Å². The zero-order chi connectivity index (χ0) is 14.5. The number of carbonyl (C=O) groups is 2. The summed E-state index contributed by atoms with van der Waals surface area (Å²) in [6.07, 6.45) is 0. The van der Waals surface area contributed by atoms with Gasteiger partial charge in [-0.25, -0.2) is 9.59 Å². The van der Waals surface area contributed by atoms with Crippen LogP contribution in [0.4, 0.5) is 10.5 Å². The van der Waals surface area contributed by atoms with Crippen LogP contribution in [-0.2, 0) is 6.54 Å². The molecule has 0 bridgehead atoms. The van der Waals surface area contributed by atoms with Crippen LogP contribution in [0.25, 0.3) is 0 Å². The number of carboxylic acid groups (broad SMARTS) is 1. The van der Waals surface area contributed by atoms with Gasteiger partial charge in [0.1, 0.15) is 5.76 Å². The summed E-state index contributed by atoms with van der Waals surface area (Å²) in [4.78, 5) is 22.3. The summed E-state index contributed by atoms with van der Waals surface area (Å²) in [5.41, 5.74) is 0.681. The van der Waals surface area contributed by atoms with Crippen LogP contribution >= 0.6 is 22.6 Å². The highest BCUT2D eigenvalue weighted by molar-refractivity contribution is 14.1. The average Bonchev–Trinajstić information content (AvgIpc) is 2.85. The van der Waals surface area contributed by atoms with Gasteiger partial charge in [-0.1, -0.05) is 6.07 Å². The third-order valence-electron chi connectivity index (χ3n) is 2.38. The summed E-state index contributed by atoms with van der Waals surface area (Å²) in [5, 5.41) is 14.0. The van der Waals surface area contributed by atoms with Gasteiger partial charge in [-0.05, 0) is 52.9 Å². The topological polar surface area (TPSA) is 91.6 Å². The Morgan fingerprint density at radius 2 is 2.05 bits per heavy atom.